The molecule has 12 rings (SSSR count). The Balaban J connectivity index is 1.29. The molecular weight excluding hydrogens is 615 g/mol. The summed E-state index contributed by atoms with van der Waals surface area (Å²) in [6.07, 6.45) is 0. The Bertz CT molecular complexity index is 3140. The van der Waals surface area contributed by atoms with Crippen LogP contribution in [0, 0.1) is 0 Å². The van der Waals surface area contributed by atoms with Gasteiger partial charge in [0.05, 0.1) is 22.1 Å². The summed E-state index contributed by atoms with van der Waals surface area (Å²) >= 11 is 1.89. The van der Waals surface area contributed by atoms with E-state index in [1.165, 1.54) is 80.6 Å². The standard InChI is InChI=1S/C45H27N3S/c1-45(2)30-16-4-3-11-25(30)28-14-8-15-29(42(28)45)43-44(47-32-18-6-5-17-31(32)46-43)48-33-21-20-24-10-7-12-26-27-13-9-19-35-38(27)41-36(49-35)23-22-34(48)40(41)39(33)37(24)26/h3-23H,1-2H3. The van der Waals surface area contributed by atoms with E-state index in [0.29, 0.717) is 0 Å². The van der Waals surface area contributed by atoms with Crippen LogP contribution in [-0.4, -0.2) is 14.5 Å². The van der Waals surface area contributed by atoms with Crippen molar-refractivity contribution in [1.82, 2.24) is 14.5 Å². The summed E-state index contributed by atoms with van der Waals surface area (Å²) in [6, 6.07) is 46.7. The SMILES string of the molecule is CC1(C)c2ccccc2-c2cccc(-c3nc4ccccc4nc3-n3c4ccc5cccc6c5c4c4c5c(ccc43)sc3cccc-6c35)c21. The van der Waals surface area contributed by atoms with Crippen LogP contribution in [0.2, 0.25) is 0 Å². The largest absolute Gasteiger partial charge is 0.292 e. The van der Waals surface area contributed by atoms with Crippen molar-refractivity contribution in [1.29, 1.82) is 0 Å². The second-order valence-electron chi connectivity index (χ2n) is 14.1. The molecule has 3 aromatic heterocycles. The monoisotopic (exact) mass is 641 g/mol. The van der Waals surface area contributed by atoms with Gasteiger partial charge in [0.25, 0.3) is 0 Å². The maximum Gasteiger partial charge on any atom is 0.165 e. The first-order valence-electron chi connectivity index (χ1n) is 16.9. The minimum atomic E-state index is -0.196. The van der Waals surface area contributed by atoms with E-state index in [0.717, 1.165) is 33.6 Å². The first-order chi connectivity index (χ1) is 24.1. The number of hydrogen-bond donors (Lipinski definition) is 0. The molecule has 10 aromatic rings. The van der Waals surface area contributed by atoms with Crippen LogP contribution in [0.3, 0.4) is 0 Å². The third kappa shape index (κ3) is 3.10. The summed E-state index contributed by atoms with van der Waals surface area (Å²) in [5.41, 5.74) is 13.9. The second kappa shape index (κ2) is 8.79. The highest BCUT2D eigenvalue weighted by atomic mass is 32.1. The molecule has 4 heteroatoms. The fourth-order valence-corrected chi connectivity index (χ4v) is 10.5. The van der Waals surface area contributed by atoms with Gasteiger partial charge in [-0.05, 0) is 80.6 Å². The Morgan fingerprint density at radius 1 is 0.490 bits per heavy atom. The molecular formula is C45H27N3S. The van der Waals surface area contributed by atoms with Crippen LogP contribution in [0.25, 0.3) is 103 Å². The zero-order valence-corrected chi connectivity index (χ0v) is 27.7. The van der Waals surface area contributed by atoms with Crippen molar-refractivity contribution >= 4 is 75.1 Å². The van der Waals surface area contributed by atoms with Crippen molar-refractivity contribution in [2.45, 2.75) is 19.3 Å². The molecule has 0 atom stereocenters. The highest BCUT2D eigenvalue weighted by molar-refractivity contribution is 7.26. The molecule has 0 fully saturated rings. The maximum atomic E-state index is 5.54. The first kappa shape index (κ1) is 26.2. The van der Waals surface area contributed by atoms with Gasteiger partial charge in [-0.25, -0.2) is 9.97 Å². The summed E-state index contributed by atoms with van der Waals surface area (Å²) < 4.78 is 5.07. The molecule has 0 unspecified atom stereocenters. The van der Waals surface area contributed by atoms with E-state index in [2.05, 4.69) is 146 Å². The molecule has 0 spiro atoms. The Kier molecular flexibility index (Phi) is 4.69. The molecule has 7 aromatic carbocycles. The van der Waals surface area contributed by atoms with Gasteiger partial charge in [0, 0.05) is 41.9 Å². The van der Waals surface area contributed by atoms with Crippen molar-refractivity contribution in [3.63, 3.8) is 0 Å². The number of fused-ring (bicyclic) bond motifs is 5. The van der Waals surface area contributed by atoms with Crippen molar-refractivity contribution < 1.29 is 0 Å². The smallest absolute Gasteiger partial charge is 0.165 e. The van der Waals surface area contributed by atoms with Crippen molar-refractivity contribution in [3.8, 4) is 39.3 Å². The second-order valence-corrected chi connectivity index (χ2v) is 15.2. The number of aromatic nitrogens is 3. The van der Waals surface area contributed by atoms with Gasteiger partial charge in [-0.3, -0.25) is 4.57 Å². The fourth-order valence-electron chi connectivity index (χ4n) is 9.32. The highest BCUT2D eigenvalue weighted by Crippen LogP contribution is 2.54. The average Bonchev–Trinajstić information content (AvgIpc) is 3.73. The lowest BCUT2D eigenvalue weighted by atomic mass is 9.79. The van der Waals surface area contributed by atoms with Crippen LogP contribution in [-0.2, 0) is 5.41 Å². The number of para-hydroxylation sites is 2. The van der Waals surface area contributed by atoms with Crippen molar-refractivity contribution in [3.05, 3.63) is 139 Å². The Labute approximate surface area is 285 Å². The van der Waals surface area contributed by atoms with Crippen LogP contribution >= 0.6 is 11.3 Å². The van der Waals surface area contributed by atoms with Crippen molar-refractivity contribution in [2.75, 3.05) is 0 Å². The normalized spacial score (nSPS) is 14.1. The molecule has 0 amide bonds. The maximum absolute atomic E-state index is 5.54. The molecule has 0 bridgehead atoms. The van der Waals surface area contributed by atoms with E-state index in [1.54, 1.807) is 0 Å². The number of thiophene rings is 1. The molecule has 3 heterocycles. The van der Waals surface area contributed by atoms with Crippen LogP contribution in [0.15, 0.2) is 127 Å². The molecule has 0 radical (unpaired) electrons. The lowest BCUT2D eigenvalue weighted by molar-refractivity contribution is 0.661. The zero-order chi connectivity index (χ0) is 32.2. The van der Waals surface area contributed by atoms with Crippen LogP contribution in [0.1, 0.15) is 25.0 Å². The Morgan fingerprint density at radius 3 is 2.00 bits per heavy atom. The number of hydrogen-bond acceptors (Lipinski definition) is 3. The quantitative estimate of drug-likeness (QED) is 0.188. The van der Waals surface area contributed by atoms with Gasteiger partial charge >= 0.3 is 0 Å². The van der Waals surface area contributed by atoms with Crippen LogP contribution in [0.4, 0.5) is 0 Å². The Morgan fingerprint density at radius 2 is 1.12 bits per heavy atom. The first-order valence-corrected chi connectivity index (χ1v) is 17.7. The zero-order valence-electron chi connectivity index (χ0n) is 26.9. The summed E-state index contributed by atoms with van der Waals surface area (Å²) in [6.45, 7) is 4.71. The third-order valence-electron chi connectivity index (χ3n) is 11.3. The lowest BCUT2D eigenvalue weighted by Crippen LogP contribution is -2.17. The number of nitrogens with zero attached hydrogens (tertiary/aromatic N) is 3. The molecule has 3 nitrogen and oxygen atoms in total. The summed E-state index contributed by atoms with van der Waals surface area (Å²) in [4.78, 5) is 11.1. The minimum Gasteiger partial charge on any atom is -0.292 e. The predicted octanol–water partition coefficient (Wildman–Crippen LogP) is 12.2. The van der Waals surface area contributed by atoms with Gasteiger partial charge in [-0.1, -0.05) is 105 Å². The van der Waals surface area contributed by atoms with E-state index in [1.807, 2.05) is 11.3 Å². The summed E-state index contributed by atoms with van der Waals surface area (Å²) in [7, 11) is 0. The topological polar surface area (TPSA) is 30.7 Å². The fraction of sp³-hybridized carbons (Fsp3) is 0.0667. The molecule has 0 saturated carbocycles. The van der Waals surface area contributed by atoms with Gasteiger partial charge < -0.3 is 0 Å². The summed E-state index contributed by atoms with van der Waals surface area (Å²) in [5.74, 6) is 0.871. The van der Waals surface area contributed by atoms with E-state index < -0.39 is 0 Å². The average molecular weight is 642 g/mol. The lowest BCUT2D eigenvalue weighted by Gasteiger charge is -2.25. The van der Waals surface area contributed by atoms with Gasteiger partial charge in [-0.2, -0.15) is 0 Å². The van der Waals surface area contributed by atoms with Crippen LogP contribution < -0.4 is 0 Å². The van der Waals surface area contributed by atoms with E-state index in [9.17, 15) is 0 Å². The molecule has 0 N–H and O–H groups in total. The van der Waals surface area contributed by atoms with Crippen molar-refractivity contribution in [2.24, 2.45) is 0 Å². The number of rotatable bonds is 2. The van der Waals surface area contributed by atoms with Gasteiger partial charge in [0.1, 0.15) is 5.69 Å². The predicted molar refractivity (Wildman–Crippen MR) is 206 cm³/mol. The van der Waals surface area contributed by atoms with Gasteiger partial charge in [-0.15, -0.1) is 11.3 Å². The molecule has 0 saturated heterocycles. The molecule has 2 aliphatic rings. The van der Waals surface area contributed by atoms with Gasteiger partial charge in [0.15, 0.2) is 5.82 Å². The highest BCUT2D eigenvalue weighted by Gasteiger charge is 2.38. The molecule has 49 heavy (non-hydrogen) atoms. The van der Waals surface area contributed by atoms with Gasteiger partial charge in [0.2, 0.25) is 0 Å². The minimum absolute atomic E-state index is 0.196. The molecule has 0 aliphatic heterocycles. The summed E-state index contributed by atoms with van der Waals surface area (Å²) in [5, 5.41) is 7.91. The van der Waals surface area contributed by atoms with Crippen LogP contribution in [0.5, 0.6) is 0 Å². The molecule has 228 valence electrons. The van der Waals surface area contributed by atoms with E-state index in [-0.39, 0.29) is 5.41 Å². The molecule has 2 aliphatic carbocycles. The third-order valence-corrected chi connectivity index (χ3v) is 12.4. The Hall–Kier alpha value is -5.84. The number of benzene rings is 7. The van der Waals surface area contributed by atoms with E-state index in [4.69, 9.17) is 9.97 Å². The van der Waals surface area contributed by atoms with E-state index >= 15 is 0 Å².